The Balaban J connectivity index is 1.61. The third kappa shape index (κ3) is 5.01. The van der Waals surface area contributed by atoms with Crippen molar-refractivity contribution >= 4 is 5.91 Å². The van der Waals surface area contributed by atoms with Crippen LogP contribution in [-0.2, 0) is 6.54 Å². The molecule has 0 aromatic heterocycles. The number of halogens is 1. The van der Waals surface area contributed by atoms with Gasteiger partial charge in [-0.15, -0.1) is 0 Å². The van der Waals surface area contributed by atoms with Crippen LogP contribution in [0.5, 0.6) is 11.5 Å². The molecule has 0 atom stereocenters. The lowest BCUT2D eigenvalue weighted by atomic mass is 10.1. The van der Waals surface area contributed by atoms with Crippen LogP contribution in [0.25, 0.3) is 0 Å². The fourth-order valence-electron chi connectivity index (χ4n) is 3.37. The summed E-state index contributed by atoms with van der Waals surface area (Å²) in [5.41, 5.74) is 1.55. The molecule has 1 aliphatic heterocycles. The predicted molar refractivity (Wildman–Crippen MR) is 106 cm³/mol. The first-order chi connectivity index (χ1) is 13.6. The maximum atomic E-state index is 13.4. The standard InChI is InChI=1S/C22H27FN2O3/c1-3-27-20-9-8-18(15-21(20)28-4-2)22(26)25-12-10-24(11-13-25)16-17-6-5-7-19(23)14-17/h5-9,14-15H,3-4,10-13,16H2,1-2H3. The molecule has 0 spiro atoms. The van der Waals surface area contributed by atoms with E-state index in [0.717, 1.165) is 18.7 Å². The zero-order valence-corrected chi connectivity index (χ0v) is 16.5. The van der Waals surface area contributed by atoms with Gasteiger partial charge in [0.1, 0.15) is 5.82 Å². The van der Waals surface area contributed by atoms with Crippen molar-refractivity contribution in [2.75, 3.05) is 39.4 Å². The molecule has 0 saturated carbocycles. The number of hydrogen-bond donors (Lipinski definition) is 0. The third-order valence-electron chi connectivity index (χ3n) is 4.75. The van der Waals surface area contributed by atoms with Crippen molar-refractivity contribution in [3.8, 4) is 11.5 Å². The van der Waals surface area contributed by atoms with Crippen molar-refractivity contribution in [1.29, 1.82) is 0 Å². The van der Waals surface area contributed by atoms with E-state index in [4.69, 9.17) is 9.47 Å². The van der Waals surface area contributed by atoms with Gasteiger partial charge in [0, 0.05) is 38.3 Å². The molecule has 0 bridgehead atoms. The Morgan fingerprint density at radius 3 is 2.36 bits per heavy atom. The molecule has 1 saturated heterocycles. The average molecular weight is 386 g/mol. The quantitative estimate of drug-likeness (QED) is 0.729. The van der Waals surface area contributed by atoms with Gasteiger partial charge in [0.25, 0.3) is 5.91 Å². The number of benzene rings is 2. The van der Waals surface area contributed by atoms with Crippen molar-refractivity contribution in [2.24, 2.45) is 0 Å². The Labute approximate surface area is 165 Å². The molecular formula is C22H27FN2O3. The van der Waals surface area contributed by atoms with Crippen LogP contribution in [0.2, 0.25) is 0 Å². The summed E-state index contributed by atoms with van der Waals surface area (Å²) in [7, 11) is 0. The summed E-state index contributed by atoms with van der Waals surface area (Å²) < 4.78 is 24.5. The number of hydrogen-bond acceptors (Lipinski definition) is 4. The molecule has 28 heavy (non-hydrogen) atoms. The first-order valence-electron chi connectivity index (χ1n) is 9.76. The summed E-state index contributed by atoms with van der Waals surface area (Å²) in [6.07, 6.45) is 0. The lowest BCUT2D eigenvalue weighted by Gasteiger charge is -2.35. The van der Waals surface area contributed by atoms with E-state index in [1.807, 2.05) is 24.8 Å². The average Bonchev–Trinajstić information content (AvgIpc) is 2.70. The number of ether oxygens (including phenoxy) is 2. The first kappa shape index (κ1) is 20.1. The number of amides is 1. The minimum Gasteiger partial charge on any atom is -0.490 e. The number of carbonyl (C=O) groups excluding carboxylic acids is 1. The van der Waals surface area contributed by atoms with E-state index in [9.17, 15) is 9.18 Å². The van der Waals surface area contributed by atoms with Gasteiger partial charge in [-0.3, -0.25) is 9.69 Å². The van der Waals surface area contributed by atoms with Crippen LogP contribution < -0.4 is 9.47 Å². The van der Waals surface area contributed by atoms with Gasteiger partial charge in [0.05, 0.1) is 13.2 Å². The highest BCUT2D eigenvalue weighted by molar-refractivity contribution is 5.95. The largest absolute Gasteiger partial charge is 0.490 e. The van der Waals surface area contributed by atoms with Crippen molar-refractivity contribution < 1.29 is 18.7 Å². The van der Waals surface area contributed by atoms with Gasteiger partial charge in [0.15, 0.2) is 11.5 Å². The van der Waals surface area contributed by atoms with Gasteiger partial charge < -0.3 is 14.4 Å². The fourth-order valence-corrected chi connectivity index (χ4v) is 3.37. The summed E-state index contributed by atoms with van der Waals surface area (Å²) in [5, 5.41) is 0. The van der Waals surface area contributed by atoms with Crippen LogP contribution in [0.15, 0.2) is 42.5 Å². The molecule has 0 aliphatic carbocycles. The molecule has 0 N–H and O–H groups in total. The van der Waals surface area contributed by atoms with Crippen LogP contribution in [0.3, 0.4) is 0 Å². The minimum absolute atomic E-state index is 0.00518. The molecule has 1 aliphatic rings. The van der Waals surface area contributed by atoms with Crippen LogP contribution >= 0.6 is 0 Å². The molecule has 1 fully saturated rings. The number of carbonyl (C=O) groups is 1. The predicted octanol–water partition coefficient (Wildman–Crippen LogP) is 3.58. The number of piperazine rings is 1. The van der Waals surface area contributed by atoms with E-state index in [0.29, 0.717) is 49.9 Å². The zero-order chi connectivity index (χ0) is 19.9. The van der Waals surface area contributed by atoms with Crippen molar-refractivity contribution in [1.82, 2.24) is 9.80 Å². The van der Waals surface area contributed by atoms with Crippen molar-refractivity contribution in [2.45, 2.75) is 20.4 Å². The van der Waals surface area contributed by atoms with Gasteiger partial charge >= 0.3 is 0 Å². The Hall–Kier alpha value is -2.60. The molecule has 5 nitrogen and oxygen atoms in total. The van der Waals surface area contributed by atoms with Crippen LogP contribution in [-0.4, -0.2) is 55.1 Å². The number of nitrogens with zero attached hydrogens (tertiary/aromatic N) is 2. The minimum atomic E-state index is -0.216. The SMILES string of the molecule is CCOc1ccc(C(=O)N2CCN(Cc3cccc(F)c3)CC2)cc1OCC. The Morgan fingerprint density at radius 1 is 0.964 bits per heavy atom. The number of rotatable bonds is 7. The summed E-state index contributed by atoms with van der Waals surface area (Å²) in [6.45, 7) is 8.38. The second-order valence-corrected chi connectivity index (χ2v) is 6.73. The molecule has 6 heteroatoms. The molecule has 1 amide bonds. The lowest BCUT2D eigenvalue weighted by molar-refractivity contribution is 0.0628. The van der Waals surface area contributed by atoms with E-state index in [1.54, 1.807) is 30.3 Å². The van der Waals surface area contributed by atoms with E-state index in [-0.39, 0.29) is 11.7 Å². The first-order valence-corrected chi connectivity index (χ1v) is 9.76. The maximum absolute atomic E-state index is 13.4. The Bertz CT molecular complexity index is 804. The van der Waals surface area contributed by atoms with E-state index in [2.05, 4.69) is 4.90 Å². The second kappa shape index (κ2) is 9.55. The van der Waals surface area contributed by atoms with Gasteiger partial charge in [-0.25, -0.2) is 4.39 Å². The topological polar surface area (TPSA) is 42.0 Å². The molecule has 1 heterocycles. The molecular weight excluding hydrogens is 359 g/mol. The lowest BCUT2D eigenvalue weighted by Crippen LogP contribution is -2.48. The highest BCUT2D eigenvalue weighted by Gasteiger charge is 2.23. The van der Waals surface area contributed by atoms with Crippen molar-refractivity contribution in [3.63, 3.8) is 0 Å². The highest BCUT2D eigenvalue weighted by atomic mass is 19.1. The van der Waals surface area contributed by atoms with Crippen LogP contribution in [0.4, 0.5) is 4.39 Å². The molecule has 2 aromatic carbocycles. The molecule has 0 radical (unpaired) electrons. The Kier molecular flexibility index (Phi) is 6.87. The summed E-state index contributed by atoms with van der Waals surface area (Å²) >= 11 is 0. The van der Waals surface area contributed by atoms with Crippen LogP contribution in [0, 0.1) is 5.82 Å². The second-order valence-electron chi connectivity index (χ2n) is 6.73. The summed E-state index contributed by atoms with van der Waals surface area (Å²) in [4.78, 5) is 17.0. The third-order valence-corrected chi connectivity index (χ3v) is 4.75. The normalized spacial score (nSPS) is 14.8. The summed E-state index contributed by atoms with van der Waals surface area (Å²) in [6, 6.07) is 12.0. The van der Waals surface area contributed by atoms with Gasteiger partial charge in [-0.2, -0.15) is 0 Å². The van der Waals surface area contributed by atoms with Crippen LogP contribution in [0.1, 0.15) is 29.8 Å². The highest BCUT2D eigenvalue weighted by Crippen LogP contribution is 2.29. The molecule has 2 aromatic rings. The Morgan fingerprint density at radius 2 is 1.68 bits per heavy atom. The van der Waals surface area contributed by atoms with Gasteiger partial charge in [-0.05, 0) is 49.7 Å². The molecule has 150 valence electrons. The zero-order valence-electron chi connectivity index (χ0n) is 16.5. The van der Waals surface area contributed by atoms with Crippen molar-refractivity contribution in [3.05, 3.63) is 59.4 Å². The molecule has 3 rings (SSSR count). The van der Waals surface area contributed by atoms with Gasteiger partial charge in [0.2, 0.25) is 0 Å². The fraction of sp³-hybridized carbons (Fsp3) is 0.409. The van der Waals surface area contributed by atoms with E-state index < -0.39 is 0 Å². The maximum Gasteiger partial charge on any atom is 0.254 e. The van der Waals surface area contributed by atoms with E-state index >= 15 is 0 Å². The monoisotopic (exact) mass is 386 g/mol. The smallest absolute Gasteiger partial charge is 0.254 e. The summed E-state index contributed by atoms with van der Waals surface area (Å²) in [5.74, 6) is 1.03. The van der Waals surface area contributed by atoms with E-state index in [1.165, 1.54) is 6.07 Å². The van der Waals surface area contributed by atoms with Gasteiger partial charge in [-0.1, -0.05) is 12.1 Å². The molecule has 0 unspecified atom stereocenters.